The summed E-state index contributed by atoms with van der Waals surface area (Å²) in [6.45, 7) is 4.64. The van der Waals surface area contributed by atoms with Crippen molar-refractivity contribution in [3.63, 3.8) is 0 Å². The molecule has 2 heteroatoms. The summed E-state index contributed by atoms with van der Waals surface area (Å²) < 4.78 is 0. The van der Waals surface area contributed by atoms with E-state index < -0.39 is 0 Å². The molecule has 114 valence electrons. The maximum absolute atomic E-state index is 12.3. The Morgan fingerprint density at radius 3 is 2.71 bits per heavy atom. The first-order chi connectivity index (χ1) is 9.95. The zero-order valence-electron chi connectivity index (χ0n) is 13.2. The Hall–Kier alpha value is -0.920. The van der Waals surface area contributed by atoms with Crippen molar-refractivity contribution in [1.29, 1.82) is 0 Å². The molecular weight excluding hydrogens is 260 g/mol. The Morgan fingerprint density at radius 1 is 1.10 bits per heavy atom. The van der Waals surface area contributed by atoms with Gasteiger partial charge in [0.15, 0.2) is 5.78 Å². The summed E-state index contributed by atoms with van der Waals surface area (Å²) in [4.78, 5) is 24.1. The fourth-order valence-electron chi connectivity index (χ4n) is 6.32. The number of fused-ring (bicyclic) bond motifs is 5. The van der Waals surface area contributed by atoms with Crippen LogP contribution in [-0.4, -0.2) is 11.6 Å². The topological polar surface area (TPSA) is 34.1 Å². The predicted molar refractivity (Wildman–Crippen MR) is 81.6 cm³/mol. The molecule has 3 fully saturated rings. The molecule has 0 amide bonds. The summed E-state index contributed by atoms with van der Waals surface area (Å²) in [7, 11) is 0. The molecule has 4 aliphatic rings. The van der Waals surface area contributed by atoms with Gasteiger partial charge in [0, 0.05) is 18.3 Å². The van der Waals surface area contributed by atoms with Crippen LogP contribution in [0.5, 0.6) is 0 Å². The SMILES string of the molecule is C[C@@]12CCC(=O)C[C@@H]1CC[C@H]1[C@H]3C=CC(=O)[C@]3(C)CC[C@@H]12. The van der Waals surface area contributed by atoms with Gasteiger partial charge in [-0.05, 0) is 67.3 Å². The number of carbonyl (C=O) groups is 2. The Bertz CT molecular complexity index is 534. The van der Waals surface area contributed by atoms with Gasteiger partial charge in [-0.3, -0.25) is 9.59 Å². The summed E-state index contributed by atoms with van der Waals surface area (Å²) in [6, 6.07) is 0. The molecule has 6 atom stereocenters. The molecule has 2 nitrogen and oxygen atoms in total. The quantitative estimate of drug-likeness (QED) is 0.676. The lowest BCUT2D eigenvalue weighted by Crippen LogP contribution is -2.53. The minimum Gasteiger partial charge on any atom is -0.300 e. The molecule has 0 aromatic heterocycles. The lowest BCUT2D eigenvalue weighted by molar-refractivity contribution is -0.142. The zero-order valence-corrected chi connectivity index (χ0v) is 13.2. The van der Waals surface area contributed by atoms with Gasteiger partial charge in [0.1, 0.15) is 5.78 Å². The van der Waals surface area contributed by atoms with Crippen LogP contribution in [0.2, 0.25) is 0 Å². The number of carbonyl (C=O) groups excluding carboxylic acids is 2. The fraction of sp³-hybridized carbons (Fsp3) is 0.789. The van der Waals surface area contributed by atoms with Crippen LogP contribution in [0.3, 0.4) is 0 Å². The molecular formula is C19H26O2. The number of Topliss-reactive ketones (excluding diaryl/α,β-unsaturated/α-hetero) is 1. The molecule has 0 spiro atoms. The number of hydrogen-bond donors (Lipinski definition) is 0. The Labute approximate surface area is 127 Å². The van der Waals surface area contributed by atoms with Crippen LogP contribution in [0.1, 0.15) is 58.8 Å². The molecule has 21 heavy (non-hydrogen) atoms. The van der Waals surface area contributed by atoms with Crippen molar-refractivity contribution in [2.45, 2.75) is 58.8 Å². The van der Waals surface area contributed by atoms with Crippen LogP contribution in [0.15, 0.2) is 12.2 Å². The van der Waals surface area contributed by atoms with Crippen LogP contribution in [-0.2, 0) is 9.59 Å². The highest BCUT2D eigenvalue weighted by atomic mass is 16.1. The molecule has 0 heterocycles. The molecule has 0 saturated heterocycles. The van der Waals surface area contributed by atoms with Gasteiger partial charge >= 0.3 is 0 Å². The van der Waals surface area contributed by atoms with Gasteiger partial charge in [0.05, 0.1) is 0 Å². The molecule has 0 aliphatic heterocycles. The number of allylic oxidation sites excluding steroid dienone is 2. The fourth-order valence-corrected chi connectivity index (χ4v) is 6.32. The largest absolute Gasteiger partial charge is 0.300 e. The summed E-state index contributed by atoms with van der Waals surface area (Å²) >= 11 is 0. The van der Waals surface area contributed by atoms with E-state index in [2.05, 4.69) is 19.9 Å². The van der Waals surface area contributed by atoms with E-state index in [0.717, 1.165) is 31.6 Å². The lowest BCUT2D eigenvalue weighted by atomic mass is 9.45. The van der Waals surface area contributed by atoms with E-state index in [1.165, 1.54) is 19.3 Å². The first-order valence-corrected chi connectivity index (χ1v) is 8.69. The summed E-state index contributed by atoms with van der Waals surface area (Å²) in [5.74, 6) is 3.29. The molecule has 3 saturated carbocycles. The number of hydrogen-bond acceptors (Lipinski definition) is 2. The van der Waals surface area contributed by atoms with Gasteiger partial charge in [-0.2, -0.15) is 0 Å². The minimum absolute atomic E-state index is 0.116. The molecule has 0 unspecified atom stereocenters. The third kappa shape index (κ3) is 1.71. The van der Waals surface area contributed by atoms with E-state index in [-0.39, 0.29) is 5.41 Å². The van der Waals surface area contributed by atoms with Crippen LogP contribution >= 0.6 is 0 Å². The second kappa shape index (κ2) is 4.30. The van der Waals surface area contributed by atoms with Crippen molar-refractivity contribution in [2.24, 2.45) is 34.5 Å². The Morgan fingerprint density at radius 2 is 1.90 bits per heavy atom. The summed E-state index contributed by atoms with van der Waals surface area (Å²) in [6.07, 6.45) is 11.4. The normalized spacial score (nSPS) is 52.3. The highest BCUT2D eigenvalue weighted by molar-refractivity contribution is 5.97. The first-order valence-electron chi connectivity index (χ1n) is 8.69. The van der Waals surface area contributed by atoms with E-state index in [9.17, 15) is 9.59 Å². The van der Waals surface area contributed by atoms with Crippen LogP contribution in [0.25, 0.3) is 0 Å². The van der Waals surface area contributed by atoms with Gasteiger partial charge in [0.25, 0.3) is 0 Å². The van der Waals surface area contributed by atoms with Gasteiger partial charge in [-0.1, -0.05) is 19.9 Å². The summed E-state index contributed by atoms with van der Waals surface area (Å²) in [5.41, 5.74) is 0.229. The van der Waals surface area contributed by atoms with Crippen molar-refractivity contribution in [3.05, 3.63) is 12.2 Å². The van der Waals surface area contributed by atoms with Crippen molar-refractivity contribution >= 4 is 11.6 Å². The molecule has 4 aliphatic carbocycles. The van der Waals surface area contributed by atoms with E-state index in [1.807, 2.05) is 6.08 Å². The van der Waals surface area contributed by atoms with E-state index in [1.54, 1.807) is 0 Å². The van der Waals surface area contributed by atoms with Gasteiger partial charge in [-0.15, -0.1) is 0 Å². The second-order valence-corrected chi connectivity index (χ2v) is 8.50. The zero-order chi connectivity index (χ0) is 14.8. The molecule has 0 N–H and O–H groups in total. The van der Waals surface area contributed by atoms with Crippen molar-refractivity contribution in [1.82, 2.24) is 0 Å². The predicted octanol–water partition coefficient (Wildman–Crippen LogP) is 3.94. The van der Waals surface area contributed by atoms with Crippen molar-refractivity contribution < 1.29 is 9.59 Å². The smallest absolute Gasteiger partial charge is 0.161 e. The van der Waals surface area contributed by atoms with E-state index >= 15 is 0 Å². The molecule has 4 rings (SSSR count). The van der Waals surface area contributed by atoms with Crippen molar-refractivity contribution in [3.8, 4) is 0 Å². The molecule has 0 radical (unpaired) electrons. The molecule has 0 bridgehead atoms. The van der Waals surface area contributed by atoms with Gasteiger partial charge < -0.3 is 0 Å². The Balaban J connectivity index is 1.67. The third-order valence-electron chi connectivity index (χ3n) is 7.75. The maximum Gasteiger partial charge on any atom is 0.161 e. The minimum atomic E-state index is -0.116. The average Bonchev–Trinajstić information content (AvgIpc) is 2.76. The standard InChI is InChI=1S/C19H26O2/c1-18-9-7-13(20)11-12(18)3-4-14-15-5-6-17(21)19(15,2)10-8-16(14)18/h5-6,12,14-16H,3-4,7-11H2,1-2H3/t12-,14-,15+,16-,18+,19+/m0/s1. The highest BCUT2D eigenvalue weighted by Crippen LogP contribution is 2.63. The Kier molecular flexibility index (Phi) is 2.81. The van der Waals surface area contributed by atoms with Crippen LogP contribution in [0.4, 0.5) is 0 Å². The second-order valence-electron chi connectivity index (χ2n) is 8.50. The third-order valence-corrected chi connectivity index (χ3v) is 7.75. The molecule has 0 aromatic carbocycles. The number of ketones is 2. The van der Waals surface area contributed by atoms with Crippen molar-refractivity contribution in [2.75, 3.05) is 0 Å². The van der Waals surface area contributed by atoms with Gasteiger partial charge in [-0.25, -0.2) is 0 Å². The van der Waals surface area contributed by atoms with Gasteiger partial charge in [0.2, 0.25) is 0 Å². The summed E-state index contributed by atoms with van der Waals surface area (Å²) in [5, 5.41) is 0. The van der Waals surface area contributed by atoms with E-state index in [4.69, 9.17) is 0 Å². The first kappa shape index (κ1) is 13.7. The van der Waals surface area contributed by atoms with Crippen LogP contribution in [0, 0.1) is 34.5 Å². The average molecular weight is 286 g/mol. The maximum atomic E-state index is 12.3. The number of rotatable bonds is 0. The van der Waals surface area contributed by atoms with Crippen LogP contribution < -0.4 is 0 Å². The lowest BCUT2D eigenvalue weighted by Gasteiger charge is -2.59. The highest BCUT2D eigenvalue weighted by Gasteiger charge is 2.58. The molecule has 0 aromatic rings. The van der Waals surface area contributed by atoms with E-state index in [0.29, 0.717) is 34.7 Å². The monoisotopic (exact) mass is 286 g/mol.